The molecular formula is C14H24O2. The van der Waals surface area contributed by atoms with Crippen molar-refractivity contribution in [3.05, 3.63) is 12.7 Å². The second kappa shape index (κ2) is 7.48. The molecule has 0 aromatic rings. The third kappa shape index (κ3) is 4.38. The van der Waals surface area contributed by atoms with E-state index in [-0.39, 0.29) is 12.1 Å². The van der Waals surface area contributed by atoms with Gasteiger partial charge in [-0.25, -0.2) is 4.79 Å². The molecule has 1 aliphatic rings. The van der Waals surface area contributed by atoms with Crippen LogP contribution in [-0.2, 0) is 9.53 Å². The van der Waals surface area contributed by atoms with E-state index >= 15 is 0 Å². The lowest BCUT2D eigenvalue weighted by Gasteiger charge is -2.30. The molecule has 0 aromatic heterocycles. The highest BCUT2D eigenvalue weighted by molar-refractivity contribution is 5.81. The van der Waals surface area contributed by atoms with Crippen LogP contribution in [0.15, 0.2) is 12.7 Å². The molecule has 0 heterocycles. The fourth-order valence-corrected chi connectivity index (χ4v) is 2.51. The highest BCUT2D eigenvalue weighted by atomic mass is 16.5. The third-order valence-corrected chi connectivity index (χ3v) is 3.45. The average Bonchev–Trinajstić information content (AvgIpc) is 2.31. The Hall–Kier alpha value is -0.790. The summed E-state index contributed by atoms with van der Waals surface area (Å²) >= 11 is 0. The second-order valence-corrected chi connectivity index (χ2v) is 4.72. The Morgan fingerprint density at radius 2 is 2.12 bits per heavy atom. The van der Waals surface area contributed by atoms with Crippen LogP contribution in [0.2, 0.25) is 0 Å². The molecule has 0 saturated heterocycles. The fourth-order valence-electron chi connectivity index (χ4n) is 2.51. The number of carbonyl (C=O) groups excluding carboxylic acids is 1. The van der Waals surface area contributed by atoms with Gasteiger partial charge in [0, 0.05) is 6.08 Å². The number of esters is 1. The van der Waals surface area contributed by atoms with Crippen molar-refractivity contribution in [3.8, 4) is 0 Å². The van der Waals surface area contributed by atoms with Crippen LogP contribution < -0.4 is 0 Å². The molecule has 0 aromatic carbocycles. The average molecular weight is 224 g/mol. The molecule has 92 valence electrons. The molecule has 0 aliphatic heterocycles. The van der Waals surface area contributed by atoms with Crippen molar-refractivity contribution in [2.45, 2.75) is 64.4 Å². The lowest BCUT2D eigenvalue weighted by atomic mass is 9.83. The number of ether oxygens (including phenoxy) is 1. The molecule has 0 bridgehead atoms. The van der Waals surface area contributed by atoms with Gasteiger partial charge in [-0.1, -0.05) is 39.2 Å². The monoisotopic (exact) mass is 224 g/mol. The van der Waals surface area contributed by atoms with Crippen LogP contribution >= 0.6 is 0 Å². The summed E-state index contributed by atoms with van der Waals surface area (Å²) in [4.78, 5) is 11.2. The number of unbranched alkanes of at least 4 members (excludes halogenated alkanes) is 2. The zero-order valence-electron chi connectivity index (χ0n) is 10.4. The van der Waals surface area contributed by atoms with Crippen LogP contribution in [0.4, 0.5) is 0 Å². The summed E-state index contributed by atoms with van der Waals surface area (Å²) in [5.74, 6) is 0.330. The summed E-state index contributed by atoms with van der Waals surface area (Å²) in [5, 5.41) is 0. The first kappa shape index (κ1) is 13.3. The Bertz CT molecular complexity index is 223. The van der Waals surface area contributed by atoms with E-state index in [1.54, 1.807) is 0 Å². The van der Waals surface area contributed by atoms with Gasteiger partial charge in [-0.05, 0) is 31.6 Å². The van der Waals surface area contributed by atoms with Crippen molar-refractivity contribution >= 4 is 5.97 Å². The van der Waals surface area contributed by atoms with E-state index < -0.39 is 0 Å². The Labute approximate surface area is 99.1 Å². The highest BCUT2D eigenvalue weighted by Gasteiger charge is 2.27. The highest BCUT2D eigenvalue weighted by Crippen LogP contribution is 2.30. The SMILES string of the molecule is C=CC(=O)OC1CCCCC1CCCCC. The Kier molecular flexibility index (Phi) is 6.20. The molecule has 1 fully saturated rings. The van der Waals surface area contributed by atoms with Gasteiger partial charge in [0.05, 0.1) is 0 Å². The molecule has 0 radical (unpaired) electrons. The number of carbonyl (C=O) groups is 1. The number of hydrogen-bond acceptors (Lipinski definition) is 2. The first-order valence-electron chi connectivity index (χ1n) is 6.61. The van der Waals surface area contributed by atoms with Gasteiger partial charge in [-0.2, -0.15) is 0 Å². The lowest BCUT2D eigenvalue weighted by Crippen LogP contribution is -2.29. The van der Waals surface area contributed by atoms with E-state index in [1.165, 1.54) is 51.0 Å². The summed E-state index contributed by atoms with van der Waals surface area (Å²) in [6, 6.07) is 0. The Morgan fingerprint density at radius 1 is 1.38 bits per heavy atom. The quantitative estimate of drug-likeness (QED) is 0.389. The fraction of sp³-hybridized carbons (Fsp3) is 0.786. The summed E-state index contributed by atoms with van der Waals surface area (Å²) in [6.45, 7) is 5.67. The molecule has 2 nitrogen and oxygen atoms in total. The van der Waals surface area contributed by atoms with Crippen LogP contribution in [0.5, 0.6) is 0 Å². The topological polar surface area (TPSA) is 26.3 Å². The molecular weight excluding hydrogens is 200 g/mol. The standard InChI is InChI=1S/C14H24O2/c1-3-5-6-9-12-10-7-8-11-13(12)16-14(15)4-2/h4,12-13H,2-3,5-11H2,1H3. The summed E-state index contributed by atoms with van der Waals surface area (Å²) in [6.07, 6.45) is 11.2. The van der Waals surface area contributed by atoms with Crippen molar-refractivity contribution < 1.29 is 9.53 Å². The van der Waals surface area contributed by atoms with Gasteiger partial charge in [0.15, 0.2) is 0 Å². The van der Waals surface area contributed by atoms with Crippen LogP contribution in [0.25, 0.3) is 0 Å². The molecule has 2 heteroatoms. The van der Waals surface area contributed by atoms with E-state index in [2.05, 4.69) is 13.5 Å². The minimum Gasteiger partial charge on any atom is -0.459 e. The van der Waals surface area contributed by atoms with Crippen LogP contribution in [-0.4, -0.2) is 12.1 Å². The Morgan fingerprint density at radius 3 is 2.81 bits per heavy atom. The molecule has 2 atom stereocenters. The van der Waals surface area contributed by atoms with Crippen LogP contribution in [0.3, 0.4) is 0 Å². The number of hydrogen-bond donors (Lipinski definition) is 0. The maximum atomic E-state index is 11.2. The molecule has 0 spiro atoms. The van der Waals surface area contributed by atoms with Gasteiger partial charge in [0.25, 0.3) is 0 Å². The maximum absolute atomic E-state index is 11.2. The zero-order valence-corrected chi connectivity index (χ0v) is 10.4. The summed E-state index contributed by atoms with van der Waals surface area (Å²) in [5.41, 5.74) is 0. The van der Waals surface area contributed by atoms with Gasteiger partial charge in [0.1, 0.15) is 6.10 Å². The molecule has 1 aliphatic carbocycles. The van der Waals surface area contributed by atoms with Crippen molar-refractivity contribution in [2.75, 3.05) is 0 Å². The molecule has 1 rings (SSSR count). The molecule has 2 unspecified atom stereocenters. The molecule has 0 amide bonds. The first-order chi connectivity index (χ1) is 7.77. The van der Waals surface area contributed by atoms with Crippen LogP contribution in [0.1, 0.15) is 58.3 Å². The predicted molar refractivity (Wildman–Crippen MR) is 66.2 cm³/mol. The summed E-state index contributed by atoms with van der Waals surface area (Å²) in [7, 11) is 0. The van der Waals surface area contributed by atoms with Crippen LogP contribution in [0, 0.1) is 5.92 Å². The van der Waals surface area contributed by atoms with Crippen molar-refractivity contribution in [3.63, 3.8) is 0 Å². The van der Waals surface area contributed by atoms with Gasteiger partial charge in [0.2, 0.25) is 0 Å². The first-order valence-corrected chi connectivity index (χ1v) is 6.61. The van der Waals surface area contributed by atoms with Gasteiger partial charge < -0.3 is 4.74 Å². The maximum Gasteiger partial charge on any atom is 0.330 e. The molecule has 16 heavy (non-hydrogen) atoms. The van der Waals surface area contributed by atoms with Gasteiger partial charge in [-0.15, -0.1) is 0 Å². The molecule has 1 saturated carbocycles. The minimum atomic E-state index is -0.257. The zero-order chi connectivity index (χ0) is 11.8. The minimum absolute atomic E-state index is 0.149. The largest absolute Gasteiger partial charge is 0.459 e. The third-order valence-electron chi connectivity index (χ3n) is 3.45. The van der Waals surface area contributed by atoms with Gasteiger partial charge >= 0.3 is 5.97 Å². The van der Waals surface area contributed by atoms with Gasteiger partial charge in [-0.3, -0.25) is 0 Å². The van der Waals surface area contributed by atoms with E-state index in [4.69, 9.17) is 4.74 Å². The number of rotatable bonds is 6. The van der Waals surface area contributed by atoms with Crippen molar-refractivity contribution in [2.24, 2.45) is 5.92 Å². The van der Waals surface area contributed by atoms with E-state index in [0.29, 0.717) is 5.92 Å². The van der Waals surface area contributed by atoms with Crippen molar-refractivity contribution in [1.82, 2.24) is 0 Å². The van der Waals surface area contributed by atoms with E-state index in [9.17, 15) is 4.79 Å². The van der Waals surface area contributed by atoms with E-state index in [1.807, 2.05) is 0 Å². The Balaban J connectivity index is 2.37. The smallest absolute Gasteiger partial charge is 0.330 e. The normalized spacial score (nSPS) is 25.1. The van der Waals surface area contributed by atoms with Crippen molar-refractivity contribution in [1.29, 1.82) is 0 Å². The molecule has 0 N–H and O–H groups in total. The summed E-state index contributed by atoms with van der Waals surface area (Å²) < 4.78 is 5.43. The predicted octanol–water partition coefficient (Wildman–Crippen LogP) is 3.85. The van der Waals surface area contributed by atoms with E-state index in [0.717, 1.165) is 6.42 Å². The second-order valence-electron chi connectivity index (χ2n) is 4.72. The lowest BCUT2D eigenvalue weighted by molar-refractivity contribution is -0.147.